The number of carboxylic acids is 1. The number of carbonyl (C=O) groups excluding carboxylic acids is 1. The highest BCUT2D eigenvalue weighted by Gasteiger charge is 2.27. The maximum Gasteiger partial charge on any atom is 0.303 e. The quantitative estimate of drug-likeness (QED) is 0.713. The number of nitrogens with one attached hydrogen (secondary N) is 1. The molecule has 0 heterocycles. The van der Waals surface area contributed by atoms with E-state index in [9.17, 15) is 18.0 Å². The maximum atomic E-state index is 12.4. The molecular weight excluding hydrogens is 306 g/mol. The normalized spacial score (nSPS) is 12.1. The fourth-order valence-corrected chi connectivity index (χ4v) is 3.42. The first-order chi connectivity index (χ1) is 10.1. The number of rotatable bonds is 8. The van der Waals surface area contributed by atoms with Crippen LogP contribution in [0.5, 0.6) is 0 Å². The topological polar surface area (TPSA) is 101 Å². The van der Waals surface area contributed by atoms with Gasteiger partial charge >= 0.3 is 5.97 Å². The molecule has 0 radical (unpaired) electrons. The zero-order chi connectivity index (χ0) is 17.0. The van der Waals surface area contributed by atoms with Crippen LogP contribution in [-0.2, 0) is 14.8 Å². The van der Waals surface area contributed by atoms with E-state index in [1.807, 2.05) is 0 Å². The molecule has 1 rings (SSSR count). The number of hydrogen-bond acceptors (Lipinski definition) is 4. The van der Waals surface area contributed by atoms with Crippen LogP contribution in [0.3, 0.4) is 0 Å². The molecule has 1 aromatic carbocycles. The lowest BCUT2D eigenvalue weighted by molar-refractivity contribution is -0.137. The number of hydrogen-bond donors (Lipinski definition) is 2. The average molecular weight is 327 g/mol. The van der Waals surface area contributed by atoms with E-state index in [0.717, 1.165) is 0 Å². The third-order valence-corrected chi connectivity index (χ3v) is 4.86. The van der Waals surface area contributed by atoms with Crippen LogP contribution in [0.25, 0.3) is 0 Å². The Kier molecular flexibility index (Phi) is 5.85. The van der Waals surface area contributed by atoms with Crippen molar-refractivity contribution in [2.24, 2.45) is 0 Å². The van der Waals surface area contributed by atoms with E-state index in [0.29, 0.717) is 12.0 Å². The van der Waals surface area contributed by atoms with E-state index in [-0.39, 0.29) is 23.5 Å². The summed E-state index contributed by atoms with van der Waals surface area (Å²) in [6.45, 7) is 4.94. The Hall–Kier alpha value is -1.73. The Bertz CT molecular complexity index is 664. The van der Waals surface area contributed by atoms with Gasteiger partial charge in [-0.1, -0.05) is 19.1 Å². The lowest BCUT2D eigenvalue weighted by Gasteiger charge is -2.25. The lowest BCUT2D eigenvalue weighted by atomic mass is 10.0. The molecule has 0 fully saturated rings. The average Bonchev–Trinajstić information content (AvgIpc) is 2.43. The first-order valence-corrected chi connectivity index (χ1v) is 8.45. The monoisotopic (exact) mass is 327 g/mol. The van der Waals surface area contributed by atoms with Crippen LogP contribution in [0, 0.1) is 0 Å². The summed E-state index contributed by atoms with van der Waals surface area (Å²) in [5.74, 6) is -1.12. The van der Waals surface area contributed by atoms with Crippen molar-refractivity contribution in [2.75, 3.05) is 0 Å². The van der Waals surface area contributed by atoms with Gasteiger partial charge in [-0.25, -0.2) is 13.1 Å². The molecule has 0 aromatic heterocycles. The van der Waals surface area contributed by atoms with Gasteiger partial charge in [-0.05, 0) is 32.4 Å². The van der Waals surface area contributed by atoms with Crippen LogP contribution in [0.1, 0.15) is 50.4 Å². The number of carboxylic acid groups (broad SMARTS) is 1. The van der Waals surface area contributed by atoms with Crippen molar-refractivity contribution < 1.29 is 23.1 Å². The summed E-state index contributed by atoms with van der Waals surface area (Å²) in [6.07, 6.45) is 0.320. The zero-order valence-corrected chi connectivity index (χ0v) is 13.7. The van der Waals surface area contributed by atoms with Gasteiger partial charge in [0.1, 0.15) is 0 Å². The summed E-state index contributed by atoms with van der Waals surface area (Å²) in [7, 11) is -3.83. The van der Waals surface area contributed by atoms with E-state index in [1.165, 1.54) is 18.2 Å². The second kappa shape index (κ2) is 7.02. The van der Waals surface area contributed by atoms with Gasteiger partial charge in [0.05, 0.1) is 4.90 Å². The Morgan fingerprint density at radius 1 is 1.27 bits per heavy atom. The summed E-state index contributed by atoms with van der Waals surface area (Å²) in [5, 5.41) is 8.70. The first-order valence-electron chi connectivity index (χ1n) is 6.96. The fraction of sp³-hybridized carbons (Fsp3) is 0.467. The standard InChI is InChI=1S/C15H21NO5S/c1-4-13(17)11-6-5-7-12(10-11)22(20,21)16-15(2,3)9-8-14(18)19/h5-7,10,16H,4,8-9H2,1-3H3,(H,18,19). The highest BCUT2D eigenvalue weighted by Crippen LogP contribution is 2.18. The summed E-state index contributed by atoms with van der Waals surface area (Å²) >= 11 is 0. The van der Waals surface area contributed by atoms with Crippen molar-refractivity contribution in [1.82, 2.24) is 4.72 Å². The maximum absolute atomic E-state index is 12.4. The molecule has 0 saturated carbocycles. The van der Waals surface area contributed by atoms with Gasteiger partial charge in [-0.15, -0.1) is 0 Å². The van der Waals surface area contributed by atoms with Crippen molar-refractivity contribution in [2.45, 2.75) is 50.5 Å². The predicted octanol–water partition coefficient (Wildman–Crippen LogP) is 2.20. The number of benzene rings is 1. The van der Waals surface area contributed by atoms with Crippen molar-refractivity contribution in [3.05, 3.63) is 29.8 Å². The van der Waals surface area contributed by atoms with Crippen LogP contribution in [0.15, 0.2) is 29.2 Å². The fourth-order valence-electron chi connectivity index (χ4n) is 1.93. The summed E-state index contributed by atoms with van der Waals surface area (Å²) in [5.41, 5.74) is -0.559. The van der Waals surface area contributed by atoms with E-state index < -0.39 is 21.5 Å². The molecular formula is C15H21NO5S. The summed E-state index contributed by atoms with van der Waals surface area (Å²) in [4.78, 5) is 22.3. The molecule has 0 amide bonds. The van der Waals surface area contributed by atoms with Gasteiger partial charge in [-0.3, -0.25) is 9.59 Å². The molecule has 0 aliphatic rings. The predicted molar refractivity (Wildman–Crippen MR) is 82.3 cm³/mol. The Morgan fingerprint density at radius 2 is 1.91 bits per heavy atom. The van der Waals surface area contributed by atoms with Gasteiger partial charge in [0.2, 0.25) is 10.0 Å². The molecule has 2 N–H and O–H groups in total. The van der Waals surface area contributed by atoms with Crippen molar-refractivity contribution in [1.29, 1.82) is 0 Å². The summed E-state index contributed by atoms with van der Waals surface area (Å²) in [6, 6.07) is 5.83. The highest BCUT2D eigenvalue weighted by atomic mass is 32.2. The molecule has 122 valence electrons. The smallest absolute Gasteiger partial charge is 0.303 e. The molecule has 0 spiro atoms. The van der Waals surface area contributed by atoms with Gasteiger partial charge in [0, 0.05) is 23.9 Å². The van der Waals surface area contributed by atoms with E-state index >= 15 is 0 Å². The Balaban J connectivity index is 2.99. The van der Waals surface area contributed by atoms with Crippen LogP contribution in [0.2, 0.25) is 0 Å². The first kappa shape index (κ1) is 18.3. The molecule has 0 aliphatic heterocycles. The molecule has 0 atom stereocenters. The molecule has 0 bridgehead atoms. The van der Waals surface area contributed by atoms with Crippen molar-refractivity contribution in [3.63, 3.8) is 0 Å². The number of carbonyl (C=O) groups is 2. The second-order valence-corrected chi connectivity index (χ2v) is 7.37. The molecule has 1 aromatic rings. The Labute approximate surface area is 130 Å². The zero-order valence-electron chi connectivity index (χ0n) is 12.9. The molecule has 0 aliphatic carbocycles. The minimum atomic E-state index is -3.83. The molecule has 7 heteroatoms. The molecule has 6 nitrogen and oxygen atoms in total. The minimum absolute atomic E-state index is 0.00444. The van der Waals surface area contributed by atoms with Crippen molar-refractivity contribution in [3.8, 4) is 0 Å². The SMILES string of the molecule is CCC(=O)c1cccc(S(=O)(=O)NC(C)(C)CCC(=O)O)c1. The molecule has 0 unspecified atom stereocenters. The van der Waals surface area contributed by atoms with Crippen molar-refractivity contribution >= 4 is 21.8 Å². The van der Waals surface area contributed by atoms with Crippen LogP contribution in [-0.4, -0.2) is 30.8 Å². The summed E-state index contributed by atoms with van der Waals surface area (Å²) < 4.78 is 27.3. The van der Waals surface area contributed by atoms with E-state index in [2.05, 4.69) is 4.72 Å². The molecule has 0 saturated heterocycles. The van der Waals surface area contributed by atoms with Gasteiger partial charge in [0.25, 0.3) is 0 Å². The van der Waals surface area contributed by atoms with Gasteiger partial charge < -0.3 is 5.11 Å². The van der Waals surface area contributed by atoms with E-state index in [4.69, 9.17) is 5.11 Å². The largest absolute Gasteiger partial charge is 0.481 e. The number of ketones is 1. The number of aliphatic carboxylic acids is 1. The number of Topliss-reactive ketones (excluding diaryl/α,β-unsaturated/α-hetero) is 1. The van der Waals surface area contributed by atoms with Crippen LogP contribution in [0.4, 0.5) is 0 Å². The minimum Gasteiger partial charge on any atom is -0.481 e. The van der Waals surface area contributed by atoms with Gasteiger partial charge in [-0.2, -0.15) is 0 Å². The second-order valence-electron chi connectivity index (χ2n) is 5.69. The van der Waals surface area contributed by atoms with E-state index in [1.54, 1.807) is 26.8 Å². The lowest BCUT2D eigenvalue weighted by Crippen LogP contribution is -2.43. The van der Waals surface area contributed by atoms with Gasteiger partial charge in [0.15, 0.2) is 5.78 Å². The Morgan fingerprint density at radius 3 is 2.45 bits per heavy atom. The third-order valence-electron chi connectivity index (χ3n) is 3.16. The highest BCUT2D eigenvalue weighted by molar-refractivity contribution is 7.89. The van der Waals surface area contributed by atoms with Crippen LogP contribution >= 0.6 is 0 Å². The number of sulfonamides is 1. The molecule has 22 heavy (non-hydrogen) atoms. The third kappa shape index (κ3) is 5.23. The van der Waals surface area contributed by atoms with Crippen LogP contribution < -0.4 is 4.72 Å².